The van der Waals surface area contributed by atoms with Gasteiger partial charge in [0.25, 0.3) is 0 Å². The van der Waals surface area contributed by atoms with E-state index in [0.717, 1.165) is 23.0 Å². The molecule has 1 N–H and O–H groups in total. The third-order valence-corrected chi connectivity index (χ3v) is 4.10. The molecule has 0 fully saturated rings. The lowest BCUT2D eigenvalue weighted by molar-refractivity contribution is 0.214. The van der Waals surface area contributed by atoms with Crippen molar-refractivity contribution in [2.75, 3.05) is 11.9 Å². The molecule has 1 aliphatic rings. The zero-order chi connectivity index (χ0) is 11.8. The quantitative estimate of drug-likeness (QED) is 0.832. The summed E-state index contributed by atoms with van der Waals surface area (Å²) in [7, 11) is 0. The van der Waals surface area contributed by atoms with Crippen molar-refractivity contribution in [1.29, 1.82) is 0 Å². The van der Waals surface area contributed by atoms with Crippen molar-refractivity contribution in [2.24, 2.45) is 0 Å². The first kappa shape index (κ1) is 10.9. The summed E-state index contributed by atoms with van der Waals surface area (Å²) in [5.41, 5.74) is 0.974. The van der Waals surface area contributed by atoms with E-state index in [-0.39, 0.29) is 6.10 Å². The van der Waals surface area contributed by atoms with Gasteiger partial charge in [-0.05, 0) is 37.3 Å². The molecular formula is C13H12ClNOS. The van der Waals surface area contributed by atoms with Crippen LogP contribution in [-0.4, -0.2) is 6.54 Å². The minimum atomic E-state index is 0.0994. The van der Waals surface area contributed by atoms with Gasteiger partial charge in [-0.3, -0.25) is 0 Å². The van der Waals surface area contributed by atoms with Crippen molar-refractivity contribution in [3.63, 3.8) is 0 Å². The average molecular weight is 266 g/mol. The molecule has 1 aromatic heterocycles. The van der Waals surface area contributed by atoms with Gasteiger partial charge in [-0.2, -0.15) is 0 Å². The maximum absolute atomic E-state index is 5.98. The van der Waals surface area contributed by atoms with E-state index < -0.39 is 0 Å². The Balaban J connectivity index is 1.88. The maximum Gasteiger partial charge on any atom is 0.150 e. The molecule has 0 aliphatic carbocycles. The topological polar surface area (TPSA) is 21.3 Å². The fourth-order valence-electron chi connectivity index (χ4n) is 1.93. The van der Waals surface area contributed by atoms with Gasteiger partial charge in [0, 0.05) is 14.8 Å². The van der Waals surface area contributed by atoms with E-state index in [1.807, 2.05) is 18.2 Å². The zero-order valence-electron chi connectivity index (χ0n) is 9.37. The molecular weight excluding hydrogens is 254 g/mol. The van der Waals surface area contributed by atoms with Gasteiger partial charge in [-0.15, -0.1) is 11.3 Å². The number of hydrogen-bond donors (Lipinski definition) is 1. The van der Waals surface area contributed by atoms with E-state index in [1.165, 1.54) is 9.75 Å². The highest BCUT2D eigenvalue weighted by Gasteiger charge is 2.21. The smallest absolute Gasteiger partial charge is 0.150 e. The van der Waals surface area contributed by atoms with Crippen LogP contribution in [0.25, 0.3) is 0 Å². The van der Waals surface area contributed by atoms with Gasteiger partial charge >= 0.3 is 0 Å². The molecule has 0 saturated heterocycles. The van der Waals surface area contributed by atoms with Crippen LogP contribution >= 0.6 is 22.9 Å². The molecule has 0 spiro atoms. The first-order chi connectivity index (χ1) is 8.22. The molecule has 2 aromatic rings. The molecule has 4 heteroatoms. The van der Waals surface area contributed by atoms with Crippen molar-refractivity contribution in [2.45, 2.75) is 13.0 Å². The van der Waals surface area contributed by atoms with Crippen molar-refractivity contribution >= 4 is 28.6 Å². The summed E-state index contributed by atoms with van der Waals surface area (Å²) in [5, 5.41) is 4.09. The second-order valence-electron chi connectivity index (χ2n) is 4.08. The summed E-state index contributed by atoms with van der Waals surface area (Å²) in [6.45, 7) is 2.89. The highest BCUT2D eigenvalue weighted by atomic mass is 35.5. The van der Waals surface area contributed by atoms with Crippen molar-refractivity contribution in [3.8, 4) is 5.75 Å². The summed E-state index contributed by atoms with van der Waals surface area (Å²) in [5.74, 6) is 0.872. The molecule has 0 bridgehead atoms. The second-order valence-corrected chi connectivity index (χ2v) is 5.83. The predicted octanol–water partition coefficient (Wildman–Crippen LogP) is 4.26. The summed E-state index contributed by atoms with van der Waals surface area (Å²) in [6, 6.07) is 9.92. The summed E-state index contributed by atoms with van der Waals surface area (Å²) < 4.78 is 5.98. The number of benzene rings is 1. The molecule has 2 nitrogen and oxygen atoms in total. The Labute approximate surface area is 109 Å². The Morgan fingerprint density at radius 1 is 1.35 bits per heavy atom. The third kappa shape index (κ3) is 2.13. The monoisotopic (exact) mass is 265 g/mol. The highest BCUT2D eigenvalue weighted by molar-refractivity contribution is 7.12. The number of hydrogen-bond acceptors (Lipinski definition) is 3. The minimum Gasteiger partial charge on any atom is -0.481 e. The number of thiophene rings is 1. The van der Waals surface area contributed by atoms with Crippen LogP contribution in [0.3, 0.4) is 0 Å². The van der Waals surface area contributed by atoms with E-state index in [0.29, 0.717) is 0 Å². The molecule has 1 aliphatic heterocycles. The van der Waals surface area contributed by atoms with Crippen LogP contribution in [0.5, 0.6) is 5.75 Å². The number of ether oxygens (including phenoxy) is 1. The van der Waals surface area contributed by atoms with E-state index in [2.05, 4.69) is 24.4 Å². The first-order valence-electron chi connectivity index (χ1n) is 5.49. The van der Waals surface area contributed by atoms with Gasteiger partial charge in [0.1, 0.15) is 5.75 Å². The van der Waals surface area contributed by atoms with Crippen molar-refractivity contribution < 1.29 is 4.74 Å². The van der Waals surface area contributed by atoms with Gasteiger partial charge in [0.15, 0.2) is 6.10 Å². The van der Waals surface area contributed by atoms with E-state index >= 15 is 0 Å². The fraction of sp³-hybridized carbons (Fsp3) is 0.231. The molecule has 0 radical (unpaired) electrons. The van der Waals surface area contributed by atoms with E-state index in [4.69, 9.17) is 16.3 Å². The molecule has 0 saturated carbocycles. The Morgan fingerprint density at radius 3 is 3.00 bits per heavy atom. The van der Waals surface area contributed by atoms with Crippen molar-refractivity contribution in [3.05, 3.63) is 45.1 Å². The number of fused-ring (bicyclic) bond motifs is 1. The molecule has 1 unspecified atom stereocenters. The Morgan fingerprint density at radius 2 is 2.24 bits per heavy atom. The molecule has 2 heterocycles. The lowest BCUT2D eigenvalue weighted by Crippen LogP contribution is -2.22. The number of rotatable bonds is 1. The second kappa shape index (κ2) is 4.24. The van der Waals surface area contributed by atoms with Crippen LogP contribution in [0.2, 0.25) is 5.02 Å². The number of halogens is 1. The molecule has 3 rings (SSSR count). The van der Waals surface area contributed by atoms with Crippen molar-refractivity contribution in [1.82, 2.24) is 0 Å². The molecule has 1 atom stereocenters. The van der Waals surface area contributed by atoms with E-state index in [9.17, 15) is 0 Å². The fourth-order valence-corrected chi connectivity index (χ4v) is 3.00. The predicted molar refractivity (Wildman–Crippen MR) is 72.4 cm³/mol. The molecule has 17 heavy (non-hydrogen) atoms. The van der Waals surface area contributed by atoms with Crippen LogP contribution in [0, 0.1) is 6.92 Å². The van der Waals surface area contributed by atoms with Crippen LogP contribution in [0.15, 0.2) is 30.3 Å². The van der Waals surface area contributed by atoms with Crippen LogP contribution in [0.1, 0.15) is 15.9 Å². The molecule has 1 aromatic carbocycles. The Bertz CT molecular complexity index is 552. The van der Waals surface area contributed by atoms with Gasteiger partial charge in [0.05, 0.1) is 12.2 Å². The van der Waals surface area contributed by atoms with Crippen LogP contribution < -0.4 is 10.1 Å². The number of anilines is 1. The SMILES string of the molecule is Cc1ccc(C2CNc3cc(Cl)ccc3O2)s1. The lowest BCUT2D eigenvalue weighted by Gasteiger charge is -2.26. The zero-order valence-corrected chi connectivity index (χ0v) is 10.9. The number of nitrogens with one attached hydrogen (secondary N) is 1. The summed E-state index contributed by atoms with van der Waals surface area (Å²) >= 11 is 7.72. The Kier molecular flexibility index (Phi) is 2.73. The largest absolute Gasteiger partial charge is 0.481 e. The summed E-state index contributed by atoms with van der Waals surface area (Å²) in [4.78, 5) is 2.57. The van der Waals surface area contributed by atoms with Gasteiger partial charge in [0.2, 0.25) is 0 Å². The van der Waals surface area contributed by atoms with Crippen LogP contribution in [0.4, 0.5) is 5.69 Å². The minimum absolute atomic E-state index is 0.0994. The summed E-state index contributed by atoms with van der Waals surface area (Å²) in [6.07, 6.45) is 0.0994. The highest BCUT2D eigenvalue weighted by Crippen LogP contribution is 2.37. The number of aryl methyl sites for hydroxylation is 1. The molecule has 0 amide bonds. The molecule has 88 valence electrons. The maximum atomic E-state index is 5.98. The first-order valence-corrected chi connectivity index (χ1v) is 6.68. The lowest BCUT2D eigenvalue weighted by atomic mass is 10.2. The van der Waals surface area contributed by atoms with Gasteiger partial charge in [-0.1, -0.05) is 11.6 Å². The van der Waals surface area contributed by atoms with Gasteiger partial charge < -0.3 is 10.1 Å². The Hall–Kier alpha value is -1.19. The van der Waals surface area contributed by atoms with E-state index in [1.54, 1.807) is 11.3 Å². The third-order valence-electron chi connectivity index (χ3n) is 2.77. The van der Waals surface area contributed by atoms with Crippen LogP contribution in [-0.2, 0) is 0 Å². The average Bonchev–Trinajstić information content (AvgIpc) is 2.75. The standard InChI is InChI=1S/C13H12ClNOS/c1-8-2-5-13(17-8)12-7-15-10-6-9(14)3-4-11(10)16-12/h2-6,12,15H,7H2,1H3. The van der Waals surface area contributed by atoms with Gasteiger partial charge in [-0.25, -0.2) is 0 Å². The normalized spacial score (nSPS) is 18.1.